The van der Waals surface area contributed by atoms with E-state index in [9.17, 15) is 19.2 Å². The molecule has 0 radical (unpaired) electrons. The third-order valence-corrected chi connectivity index (χ3v) is 9.35. The van der Waals surface area contributed by atoms with Crippen LogP contribution < -0.4 is 10.2 Å². The van der Waals surface area contributed by atoms with E-state index in [-0.39, 0.29) is 35.8 Å². The Balaban J connectivity index is 1.35. The van der Waals surface area contributed by atoms with Gasteiger partial charge in [0.05, 0.1) is 18.2 Å². The van der Waals surface area contributed by atoms with Gasteiger partial charge < -0.3 is 14.8 Å². The van der Waals surface area contributed by atoms with Crippen LogP contribution >= 0.6 is 23.1 Å². The second kappa shape index (κ2) is 14.5. The van der Waals surface area contributed by atoms with E-state index in [1.165, 1.54) is 40.0 Å². The molecule has 0 spiro atoms. The van der Waals surface area contributed by atoms with Gasteiger partial charge in [-0.15, -0.1) is 23.1 Å². The van der Waals surface area contributed by atoms with E-state index in [1.807, 2.05) is 30.3 Å². The number of nitrogens with one attached hydrogen (secondary N) is 1. The lowest BCUT2D eigenvalue weighted by atomic mass is 10.1. The number of hydrogen-bond acceptors (Lipinski definition) is 9. The van der Waals surface area contributed by atoms with E-state index < -0.39 is 12.1 Å². The quantitative estimate of drug-likeness (QED) is 0.208. The predicted octanol–water partition coefficient (Wildman–Crippen LogP) is 5.51. The highest BCUT2D eigenvalue weighted by Crippen LogP contribution is 2.37. The first-order valence-electron chi connectivity index (χ1n) is 14.3. The fourth-order valence-electron chi connectivity index (χ4n) is 4.77. The molecule has 12 heteroatoms. The molecule has 226 valence electrons. The maximum absolute atomic E-state index is 14.3. The second-order valence-electron chi connectivity index (χ2n) is 10.4. The van der Waals surface area contributed by atoms with Gasteiger partial charge in [-0.05, 0) is 61.9 Å². The van der Waals surface area contributed by atoms with Crippen molar-refractivity contribution in [2.75, 3.05) is 17.8 Å². The summed E-state index contributed by atoms with van der Waals surface area (Å²) in [6.07, 6.45) is 5.21. The lowest BCUT2D eigenvalue weighted by Crippen LogP contribution is -2.50. The number of hydrogen-bond donors (Lipinski definition) is 1. The topological polar surface area (TPSA) is 118 Å². The molecule has 3 amide bonds. The number of esters is 1. The van der Waals surface area contributed by atoms with Crippen LogP contribution in [0.5, 0.6) is 0 Å². The molecule has 2 aromatic carbocycles. The number of carbonyl (C=O) groups is 4. The lowest BCUT2D eigenvalue weighted by Gasteiger charge is -2.31. The number of benzene rings is 2. The molecule has 2 unspecified atom stereocenters. The third-order valence-electron chi connectivity index (χ3n) is 7.23. The van der Waals surface area contributed by atoms with Crippen LogP contribution in [0.25, 0.3) is 0 Å². The molecule has 1 aliphatic heterocycles. The number of thiazole rings is 1. The van der Waals surface area contributed by atoms with Gasteiger partial charge in [0, 0.05) is 35.4 Å². The van der Waals surface area contributed by atoms with Gasteiger partial charge in [0.1, 0.15) is 12.6 Å². The average Bonchev–Trinajstić information content (AvgIpc) is 3.49. The van der Waals surface area contributed by atoms with Crippen molar-refractivity contribution in [1.82, 2.24) is 15.2 Å². The number of amides is 3. The molecule has 5 rings (SSSR count). The highest BCUT2D eigenvalue weighted by molar-refractivity contribution is 8.00. The minimum atomic E-state index is -0.805. The number of aromatic nitrogens is 1. The van der Waals surface area contributed by atoms with E-state index in [4.69, 9.17) is 9.47 Å². The van der Waals surface area contributed by atoms with Crippen molar-refractivity contribution >= 4 is 57.8 Å². The maximum Gasteiger partial charge on any atom is 0.411 e. The summed E-state index contributed by atoms with van der Waals surface area (Å²) in [6.45, 7) is 0.0807. The van der Waals surface area contributed by atoms with Crippen molar-refractivity contribution in [3.63, 3.8) is 0 Å². The van der Waals surface area contributed by atoms with E-state index in [0.29, 0.717) is 47.8 Å². The molecule has 2 atom stereocenters. The Morgan fingerprint density at radius 2 is 1.81 bits per heavy atom. The molecule has 1 aliphatic carbocycles. The first-order valence-corrected chi connectivity index (χ1v) is 16.2. The highest BCUT2D eigenvalue weighted by atomic mass is 32.2. The first-order chi connectivity index (χ1) is 20.9. The summed E-state index contributed by atoms with van der Waals surface area (Å²) >= 11 is 2.83. The molecule has 43 heavy (non-hydrogen) atoms. The van der Waals surface area contributed by atoms with Gasteiger partial charge in [0.15, 0.2) is 5.13 Å². The molecular formula is C31H34N4O6S2. The van der Waals surface area contributed by atoms with Gasteiger partial charge in [-0.3, -0.25) is 24.2 Å². The van der Waals surface area contributed by atoms with Gasteiger partial charge in [0.25, 0.3) is 11.8 Å². The summed E-state index contributed by atoms with van der Waals surface area (Å²) in [5, 5.41) is 4.92. The molecule has 10 nitrogen and oxygen atoms in total. The summed E-state index contributed by atoms with van der Waals surface area (Å²) in [7, 11) is 1.36. The van der Waals surface area contributed by atoms with E-state index >= 15 is 0 Å². The summed E-state index contributed by atoms with van der Waals surface area (Å²) in [6, 6.07) is 15.7. The van der Waals surface area contributed by atoms with Gasteiger partial charge in [-0.2, -0.15) is 0 Å². The monoisotopic (exact) mass is 622 g/mol. The molecule has 2 heterocycles. The van der Waals surface area contributed by atoms with Crippen molar-refractivity contribution in [2.45, 2.75) is 62.6 Å². The molecule has 2 fully saturated rings. The second-order valence-corrected chi connectivity index (χ2v) is 12.4. The van der Waals surface area contributed by atoms with Gasteiger partial charge in [0.2, 0.25) is 0 Å². The fourth-order valence-corrected chi connectivity index (χ4v) is 6.87. The number of ether oxygens (including phenoxy) is 2. The number of methoxy groups -OCH3 is 1. The third kappa shape index (κ3) is 7.94. The number of nitrogens with zero attached hydrogens (tertiary/aromatic N) is 3. The van der Waals surface area contributed by atoms with Crippen LogP contribution in [0, 0.1) is 0 Å². The van der Waals surface area contributed by atoms with Crippen LogP contribution in [0.1, 0.15) is 54.4 Å². The maximum atomic E-state index is 14.3. The smallest absolute Gasteiger partial charge is 0.411 e. The van der Waals surface area contributed by atoms with Crippen LogP contribution in [0.4, 0.5) is 15.6 Å². The van der Waals surface area contributed by atoms with Crippen molar-refractivity contribution in [1.29, 1.82) is 0 Å². The van der Waals surface area contributed by atoms with Crippen LogP contribution in [-0.4, -0.2) is 64.1 Å². The Labute approximate surface area is 258 Å². The van der Waals surface area contributed by atoms with Crippen molar-refractivity contribution in [2.24, 2.45) is 0 Å². The highest BCUT2D eigenvalue weighted by Gasteiger charge is 2.45. The molecule has 3 aromatic rings. The Morgan fingerprint density at radius 3 is 2.49 bits per heavy atom. The number of anilines is 2. The fraction of sp³-hybridized carbons (Fsp3) is 0.387. The predicted molar refractivity (Wildman–Crippen MR) is 165 cm³/mol. The zero-order chi connectivity index (χ0) is 30.2. The average molecular weight is 623 g/mol. The zero-order valence-corrected chi connectivity index (χ0v) is 25.5. The number of unbranched alkanes of at least 4 members (excludes halogenated alkanes) is 1. The summed E-state index contributed by atoms with van der Waals surface area (Å²) in [4.78, 5) is 59.4. The molecule has 1 aromatic heterocycles. The van der Waals surface area contributed by atoms with Gasteiger partial charge in [-0.1, -0.05) is 30.3 Å². The molecule has 2 aliphatic rings. The van der Waals surface area contributed by atoms with E-state index in [1.54, 1.807) is 35.8 Å². The summed E-state index contributed by atoms with van der Waals surface area (Å²) in [5.41, 5.74) is 1.90. The molecule has 1 saturated carbocycles. The van der Waals surface area contributed by atoms with Crippen molar-refractivity contribution in [3.8, 4) is 0 Å². The molecule has 1 saturated heterocycles. The Hall–Kier alpha value is -3.90. The van der Waals surface area contributed by atoms with Gasteiger partial charge >= 0.3 is 12.1 Å². The molecule has 1 N–H and O–H groups in total. The van der Waals surface area contributed by atoms with E-state index in [2.05, 4.69) is 10.3 Å². The van der Waals surface area contributed by atoms with Gasteiger partial charge in [-0.25, -0.2) is 9.78 Å². The minimum Gasteiger partial charge on any atom is -0.469 e. The molecule has 0 bridgehead atoms. The standard InChI is InChI=1S/C31H34N4O6S2/c1-40-27(36)10-6-5-9-26-35(31(39)41-19-21-7-3-2-4-8-21)25(20-43-26)29(38)34(30-32-17-18-42-30)24-15-11-22(12-16-24)28(37)33-23-13-14-23/h2-4,7-8,11-12,15-18,23,25-26H,5-6,9-10,13-14,19-20H2,1H3,(H,33,37). The minimum absolute atomic E-state index is 0.0807. The Morgan fingerprint density at radius 1 is 1.05 bits per heavy atom. The van der Waals surface area contributed by atoms with Crippen molar-refractivity contribution in [3.05, 3.63) is 77.3 Å². The largest absolute Gasteiger partial charge is 0.469 e. The zero-order valence-electron chi connectivity index (χ0n) is 23.8. The Kier molecular flexibility index (Phi) is 10.3. The summed E-state index contributed by atoms with van der Waals surface area (Å²) < 4.78 is 10.5. The van der Waals surface area contributed by atoms with Crippen molar-refractivity contribution < 1.29 is 28.7 Å². The van der Waals surface area contributed by atoms with Crippen LogP contribution in [-0.2, 0) is 25.7 Å². The first kappa shape index (κ1) is 30.6. The van der Waals surface area contributed by atoms with Crippen LogP contribution in [0.15, 0.2) is 66.2 Å². The Bertz CT molecular complexity index is 1400. The van der Waals surface area contributed by atoms with Crippen LogP contribution in [0.2, 0.25) is 0 Å². The SMILES string of the molecule is COC(=O)CCCCC1SCC(C(=O)N(c2ccc(C(=O)NC3CC3)cc2)c2nccs2)N1C(=O)OCc1ccccc1. The molecular weight excluding hydrogens is 588 g/mol. The van der Waals surface area contributed by atoms with Crippen LogP contribution in [0.3, 0.4) is 0 Å². The normalized spacial score (nSPS) is 17.7. The number of rotatable bonds is 12. The van der Waals surface area contributed by atoms with E-state index in [0.717, 1.165) is 18.4 Å². The summed E-state index contributed by atoms with van der Waals surface area (Å²) in [5.74, 6) is -0.353. The number of thioether (sulfide) groups is 1. The number of carbonyl (C=O) groups excluding carboxylic acids is 4. The lowest BCUT2D eigenvalue weighted by molar-refractivity contribution is -0.140.